The van der Waals surface area contributed by atoms with Crippen LogP contribution in [0.5, 0.6) is 0 Å². The van der Waals surface area contributed by atoms with Crippen LogP contribution in [-0.4, -0.2) is 36.3 Å². The van der Waals surface area contributed by atoms with Crippen LogP contribution >= 0.6 is 23.2 Å². The van der Waals surface area contributed by atoms with Gasteiger partial charge in [0, 0.05) is 30.1 Å². The van der Waals surface area contributed by atoms with Crippen molar-refractivity contribution in [3.63, 3.8) is 0 Å². The highest BCUT2D eigenvalue weighted by Gasteiger charge is 2.22. The molecule has 1 aromatic heterocycles. The zero-order valence-corrected chi connectivity index (χ0v) is 19.2. The Kier molecular flexibility index (Phi) is 8.69. The van der Waals surface area contributed by atoms with E-state index >= 15 is 0 Å². The summed E-state index contributed by atoms with van der Waals surface area (Å²) < 4.78 is 12.3. The number of benzene rings is 1. The highest BCUT2D eigenvalue weighted by atomic mass is 35.5. The number of rotatable bonds is 8. The first-order valence-electron chi connectivity index (χ1n) is 9.42. The summed E-state index contributed by atoms with van der Waals surface area (Å²) in [7, 11) is 1.62. The van der Waals surface area contributed by atoms with Gasteiger partial charge in [0.2, 0.25) is 0 Å². The van der Waals surface area contributed by atoms with E-state index in [2.05, 4.69) is 5.32 Å². The number of nitrogens with one attached hydrogen (secondary N) is 1. The SMILES string of the molecule is COCCn1c(C)cc(/C=C(\C#N)C(=O)OC(C)C(=O)Nc2ccc(Cl)cc2Cl)c1C. The van der Waals surface area contributed by atoms with E-state index < -0.39 is 18.0 Å². The molecule has 0 aliphatic rings. The molecular formula is C22H23Cl2N3O4. The highest BCUT2D eigenvalue weighted by molar-refractivity contribution is 6.36. The third kappa shape index (κ3) is 6.34. The molecule has 0 saturated carbocycles. The number of hydrogen-bond donors (Lipinski definition) is 1. The van der Waals surface area contributed by atoms with Crippen LogP contribution < -0.4 is 5.32 Å². The van der Waals surface area contributed by atoms with Crippen molar-refractivity contribution in [2.24, 2.45) is 0 Å². The molecule has 1 amide bonds. The number of ether oxygens (including phenoxy) is 2. The van der Waals surface area contributed by atoms with Crippen molar-refractivity contribution in [2.45, 2.75) is 33.4 Å². The second kappa shape index (κ2) is 11.0. The summed E-state index contributed by atoms with van der Waals surface area (Å²) in [5.74, 6) is -1.48. The fourth-order valence-electron chi connectivity index (χ4n) is 2.90. The number of nitrogens with zero attached hydrogens (tertiary/aromatic N) is 2. The summed E-state index contributed by atoms with van der Waals surface area (Å²) in [5, 5.41) is 12.7. The zero-order valence-electron chi connectivity index (χ0n) is 17.7. The number of aromatic nitrogens is 1. The lowest BCUT2D eigenvalue weighted by Gasteiger charge is -2.14. The summed E-state index contributed by atoms with van der Waals surface area (Å²) in [6.45, 7) is 6.41. The normalized spacial score (nSPS) is 12.2. The average molecular weight is 464 g/mol. The smallest absolute Gasteiger partial charge is 0.349 e. The number of amides is 1. The second-order valence-corrected chi connectivity index (χ2v) is 7.65. The largest absolute Gasteiger partial charge is 0.448 e. The van der Waals surface area contributed by atoms with Crippen LogP contribution in [0.15, 0.2) is 29.8 Å². The fourth-order valence-corrected chi connectivity index (χ4v) is 3.35. The Morgan fingerprint density at radius 1 is 1.29 bits per heavy atom. The highest BCUT2D eigenvalue weighted by Crippen LogP contribution is 2.25. The predicted molar refractivity (Wildman–Crippen MR) is 120 cm³/mol. The number of hydrogen-bond acceptors (Lipinski definition) is 5. The number of aryl methyl sites for hydroxylation is 1. The van der Waals surface area contributed by atoms with Crippen LogP contribution in [0.4, 0.5) is 5.69 Å². The van der Waals surface area contributed by atoms with Gasteiger partial charge in [-0.05, 0) is 56.7 Å². The van der Waals surface area contributed by atoms with Crippen LogP contribution in [0.1, 0.15) is 23.9 Å². The van der Waals surface area contributed by atoms with Crippen molar-refractivity contribution < 1.29 is 19.1 Å². The third-order valence-electron chi connectivity index (χ3n) is 4.61. The Labute approximate surface area is 191 Å². The number of nitriles is 1. The Hall–Kier alpha value is -2.79. The maximum absolute atomic E-state index is 12.5. The van der Waals surface area contributed by atoms with E-state index in [4.69, 9.17) is 32.7 Å². The summed E-state index contributed by atoms with van der Waals surface area (Å²) in [6, 6.07) is 8.30. The van der Waals surface area contributed by atoms with Gasteiger partial charge in [-0.25, -0.2) is 4.79 Å². The van der Waals surface area contributed by atoms with Crippen molar-refractivity contribution in [3.05, 3.63) is 56.8 Å². The summed E-state index contributed by atoms with van der Waals surface area (Å²) in [6.07, 6.45) is 0.305. The second-order valence-electron chi connectivity index (χ2n) is 6.80. The molecule has 0 bridgehead atoms. The molecular weight excluding hydrogens is 441 g/mol. The van der Waals surface area contributed by atoms with Gasteiger partial charge in [-0.1, -0.05) is 23.2 Å². The van der Waals surface area contributed by atoms with E-state index in [0.29, 0.717) is 29.4 Å². The number of methoxy groups -OCH3 is 1. The van der Waals surface area contributed by atoms with Gasteiger partial charge < -0.3 is 19.4 Å². The van der Waals surface area contributed by atoms with E-state index in [-0.39, 0.29) is 10.6 Å². The molecule has 1 N–H and O–H groups in total. The molecule has 2 rings (SSSR count). The molecule has 0 saturated heterocycles. The van der Waals surface area contributed by atoms with E-state index in [1.54, 1.807) is 13.2 Å². The van der Waals surface area contributed by atoms with Gasteiger partial charge in [0.25, 0.3) is 5.91 Å². The quantitative estimate of drug-likeness (QED) is 0.352. The molecule has 2 aromatic rings. The first-order valence-corrected chi connectivity index (χ1v) is 10.2. The maximum atomic E-state index is 12.5. The molecule has 31 heavy (non-hydrogen) atoms. The number of carbonyl (C=O) groups is 2. The first kappa shape index (κ1) is 24.5. The topological polar surface area (TPSA) is 93.3 Å². The minimum absolute atomic E-state index is 0.212. The summed E-state index contributed by atoms with van der Waals surface area (Å²) >= 11 is 11.9. The Morgan fingerprint density at radius 2 is 2.00 bits per heavy atom. The molecule has 1 atom stereocenters. The molecule has 0 aliphatic heterocycles. The number of carbonyl (C=O) groups excluding carboxylic acids is 2. The Balaban J connectivity index is 2.12. The van der Waals surface area contributed by atoms with Gasteiger partial charge in [-0.15, -0.1) is 0 Å². The fraction of sp³-hybridized carbons (Fsp3) is 0.318. The average Bonchev–Trinajstić information content (AvgIpc) is 2.98. The first-order chi connectivity index (χ1) is 14.7. The maximum Gasteiger partial charge on any atom is 0.349 e. The van der Waals surface area contributed by atoms with Crippen LogP contribution in [-0.2, 0) is 25.6 Å². The molecule has 7 nitrogen and oxygen atoms in total. The predicted octanol–water partition coefficient (Wildman–Crippen LogP) is 4.54. The van der Waals surface area contributed by atoms with Gasteiger partial charge in [0.05, 0.1) is 17.3 Å². The number of esters is 1. The van der Waals surface area contributed by atoms with Gasteiger partial charge >= 0.3 is 5.97 Å². The molecule has 1 unspecified atom stereocenters. The van der Waals surface area contributed by atoms with Gasteiger partial charge in [0.15, 0.2) is 6.10 Å². The number of halogens is 2. The standard InChI is InChI=1S/C22H23Cl2N3O4/c1-13-9-16(14(2)27(13)7-8-30-4)10-17(12-25)22(29)31-15(3)21(28)26-20-6-5-18(23)11-19(20)24/h5-6,9-11,15H,7-8H2,1-4H3,(H,26,28)/b17-10+. The van der Waals surface area contributed by atoms with Crippen molar-refractivity contribution in [1.29, 1.82) is 5.26 Å². The van der Waals surface area contributed by atoms with Crippen molar-refractivity contribution in [1.82, 2.24) is 4.57 Å². The van der Waals surface area contributed by atoms with Gasteiger partial charge in [-0.3, -0.25) is 4.79 Å². The molecule has 0 spiro atoms. The Bertz CT molecular complexity index is 1050. The minimum atomic E-state index is -1.15. The minimum Gasteiger partial charge on any atom is -0.448 e. The van der Waals surface area contributed by atoms with Crippen LogP contribution in [0, 0.1) is 25.2 Å². The van der Waals surface area contributed by atoms with Crippen molar-refractivity contribution in [3.8, 4) is 6.07 Å². The van der Waals surface area contributed by atoms with E-state index in [1.165, 1.54) is 25.1 Å². The van der Waals surface area contributed by atoms with Crippen LogP contribution in [0.2, 0.25) is 10.0 Å². The van der Waals surface area contributed by atoms with Crippen LogP contribution in [0.3, 0.4) is 0 Å². The zero-order chi connectivity index (χ0) is 23.1. The summed E-state index contributed by atoms with van der Waals surface area (Å²) in [5.41, 5.74) is 2.69. The number of anilines is 1. The van der Waals surface area contributed by atoms with Gasteiger partial charge in [-0.2, -0.15) is 5.26 Å². The third-order valence-corrected chi connectivity index (χ3v) is 5.16. The molecule has 1 aromatic carbocycles. The van der Waals surface area contributed by atoms with E-state index in [1.807, 2.05) is 30.6 Å². The monoisotopic (exact) mass is 463 g/mol. The molecule has 0 fully saturated rings. The van der Waals surface area contributed by atoms with E-state index in [9.17, 15) is 14.9 Å². The lowest BCUT2D eigenvalue weighted by atomic mass is 10.1. The summed E-state index contributed by atoms with van der Waals surface area (Å²) in [4.78, 5) is 24.8. The van der Waals surface area contributed by atoms with Crippen LogP contribution in [0.25, 0.3) is 6.08 Å². The molecule has 164 valence electrons. The Morgan fingerprint density at radius 3 is 2.61 bits per heavy atom. The molecule has 0 aliphatic carbocycles. The van der Waals surface area contributed by atoms with Gasteiger partial charge in [0.1, 0.15) is 11.6 Å². The molecule has 0 radical (unpaired) electrons. The van der Waals surface area contributed by atoms with Crippen molar-refractivity contribution in [2.75, 3.05) is 19.0 Å². The molecule has 1 heterocycles. The lowest BCUT2D eigenvalue weighted by Crippen LogP contribution is -2.30. The van der Waals surface area contributed by atoms with Crippen molar-refractivity contribution >= 4 is 46.8 Å². The molecule has 9 heteroatoms. The lowest BCUT2D eigenvalue weighted by molar-refractivity contribution is -0.148. The van der Waals surface area contributed by atoms with E-state index in [0.717, 1.165) is 11.4 Å².